The summed E-state index contributed by atoms with van der Waals surface area (Å²) in [6.45, 7) is 6.70. The summed E-state index contributed by atoms with van der Waals surface area (Å²) in [6, 6.07) is 11.0. The largest absolute Gasteiger partial charge is 0.491 e. The molecule has 1 aliphatic rings. The number of methoxy groups -OCH3 is 3. The Bertz CT molecular complexity index is 1930. The van der Waals surface area contributed by atoms with E-state index in [2.05, 4.69) is 30.9 Å². The number of H-pyrrole nitrogens is 2. The fourth-order valence-electron chi connectivity index (χ4n) is 6.87. The van der Waals surface area contributed by atoms with Crippen molar-refractivity contribution in [2.75, 3.05) is 74.4 Å². The average Bonchev–Trinajstić information content (AvgIpc) is 4.02. The molecule has 0 aliphatic carbocycles. The summed E-state index contributed by atoms with van der Waals surface area (Å²) in [7, 11) is 6.29. The summed E-state index contributed by atoms with van der Waals surface area (Å²) in [5.41, 5.74) is 5.08. The summed E-state index contributed by atoms with van der Waals surface area (Å²) in [5, 5.41) is 8.46. The SMILES string of the molecule is CNCC(=O)NCCCCc1ncc(-c2ccc(-c3cc(OCCOC)c(-c4cnc(C5CCCN5C(=O)C(NC(=O)OC)C(C)C)[nH]4)cc3OCCOC)cc2)[nH]1. The number of amides is 3. The minimum Gasteiger partial charge on any atom is -0.491 e. The van der Waals surface area contributed by atoms with Gasteiger partial charge in [0.25, 0.3) is 0 Å². The van der Waals surface area contributed by atoms with Crippen molar-refractivity contribution in [1.82, 2.24) is 40.8 Å². The third-order valence-corrected chi connectivity index (χ3v) is 9.94. The average molecular weight is 803 g/mol. The van der Waals surface area contributed by atoms with Crippen LogP contribution in [-0.2, 0) is 30.2 Å². The molecule has 3 amide bonds. The van der Waals surface area contributed by atoms with Gasteiger partial charge in [-0.05, 0) is 61.9 Å². The lowest BCUT2D eigenvalue weighted by Crippen LogP contribution is -2.51. The van der Waals surface area contributed by atoms with Gasteiger partial charge in [0.1, 0.15) is 42.4 Å². The Hall–Kier alpha value is -5.45. The molecular weight excluding hydrogens is 745 g/mol. The van der Waals surface area contributed by atoms with E-state index in [0.717, 1.165) is 65.9 Å². The van der Waals surface area contributed by atoms with Crippen LogP contribution < -0.4 is 25.4 Å². The second-order valence-electron chi connectivity index (χ2n) is 14.4. The van der Waals surface area contributed by atoms with Gasteiger partial charge in [0, 0.05) is 44.9 Å². The zero-order chi connectivity index (χ0) is 41.4. The van der Waals surface area contributed by atoms with Gasteiger partial charge < -0.3 is 54.5 Å². The van der Waals surface area contributed by atoms with Crippen LogP contribution >= 0.6 is 0 Å². The van der Waals surface area contributed by atoms with E-state index in [1.54, 1.807) is 32.4 Å². The predicted molar refractivity (Wildman–Crippen MR) is 220 cm³/mol. The molecule has 3 heterocycles. The van der Waals surface area contributed by atoms with Crippen molar-refractivity contribution in [2.45, 2.75) is 58.0 Å². The molecule has 0 bridgehead atoms. The second kappa shape index (κ2) is 21.9. The molecule has 2 unspecified atom stereocenters. The van der Waals surface area contributed by atoms with E-state index in [4.69, 9.17) is 28.7 Å². The molecule has 1 fully saturated rings. The van der Waals surface area contributed by atoms with Crippen molar-refractivity contribution in [3.8, 4) is 45.1 Å². The minimum atomic E-state index is -0.736. The molecule has 1 saturated heterocycles. The van der Waals surface area contributed by atoms with Gasteiger partial charge in [-0.2, -0.15) is 0 Å². The lowest BCUT2D eigenvalue weighted by atomic mass is 9.99. The van der Waals surface area contributed by atoms with Crippen LogP contribution in [0.25, 0.3) is 33.6 Å². The van der Waals surface area contributed by atoms with E-state index >= 15 is 0 Å². The number of aromatic nitrogens is 4. The van der Waals surface area contributed by atoms with Gasteiger partial charge in [-0.15, -0.1) is 0 Å². The Morgan fingerprint density at radius 3 is 2.21 bits per heavy atom. The predicted octanol–water partition coefficient (Wildman–Crippen LogP) is 4.89. The third-order valence-electron chi connectivity index (χ3n) is 9.94. The highest BCUT2D eigenvalue weighted by Gasteiger charge is 2.37. The van der Waals surface area contributed by atoms with Crippen LogP contribution in [0.15, 0.2) is 48.8 Å². The van der Waals surface area contributed by atoms with Gasteiger partial charge in [-0.25, -0.2) is 14.8 Å². The Morgan fingerprint density at radius 1 is 0.862 bits per heavy atom. The van der Waals surface area contributed by atoms with Crippen molar-refractivity contribution >= 4 is 17.9 Å². The smallest absolute Gasteiger partial charge is 0.407 e. The zero-order valence-corrected chi connectivity index (χ0v) is 34.4. The third kappa shape index (κ3) is 11.6. The number of ether oxygens (including phenoxy) is 5. The topological polar surface area (TPSA) is 194 Å². The molecule has 5 rings (SSSR count). The first-order chi connectivity index (χ1) is 28.2. The number of carbonyl (C=O) groups is 3. The van der Waals surface area contributed by atoms with E-state index in [0.29, 0.717) is 69.1 Å². The van der Waals surface area contributed by atoms with Gasteiger partial charge in [0.2, 0.25) is 11.8 Å². The number of benzene rings is 2. The normalized spacial score (nSPS) is 14.4. The Morgan fingerprint density at radius 2 is 1.53 bits per heavy atom. The summed E-state index contributed by atoms with van der Waals surface area (Å²) in [6.07, 6.45) is 7.00. The molecule has 5 N–H and O–H groups in total. The first-order valence-electron chi connectivity index (χ1n) is 19.8. The summed E-state index contributed by atoms with van der Waals surface area (Å²) < 4.78 is 28.1. The fraction of sp³-hybridized carbons (Fsp3) is 0.500. The number of nitrogens with one attached hydrogen (secondary N) is 5. The number of rotatable bonds is 22. The summed E-state index contributed by atoms with van der Waals surface area (Å²) >= 11 is 0. The maximum atomic E-state index is 13.8. The monoisotopic (exact) mass is 802 g/mol. The van der Waals surface area contributed by atoms with E-state index in [1.807, 2.05) is 56.4 Å². The minimum absolute atomic E-state index is 0.00636. The molecule has 0 radical (unpaired) electrons. The van der Waals surface area contributed by atoms with E-state index in [9.17, 15) is 14.4 Å². The molecule has 0 spiro atoms. The standard InChI is InChI=1S/C42H58N8O8/c1-27(2)39(49-42(53)56-6)41(52)50-17-9-10-34(50)40-46-25-33(48-40)31-23-35(57-20-18-54-4)30(22-36(31)58-21-19-55-5)28-12-14-29(15-13-28)32-24-45-37(47-32)11-7-8-16-44-38(51)26-43-3/h12-15,22-25,27,34,39,43H,7-11,16-21,26H2,1-6H3,(H,44,51)(H,45,47)(H,46,48)(H,49,53). The van der Waals surface area contributed by atoms with E-state index in [-0.39, 0.29) is 23.8 Å². The molecule has 1 aliphatic heterocycles. The number of nitrogens with zero attached hydrogens (tertiary/aromatic N) is 3. The number of likely N-dealkylation sites (N-methyl/N-ethyl adjacent to an activating group) is 1. The van der Waals surface area contributed by atoms with Gasteiger partial charge in [0.15, 0.2) is 0 Å². The summed E-state index contributed by atoms with van der Waals surface area (Å²) in [5.74, 6) is 2.44. The number of imidazole rings is 2. The Labute approximate surface area is 340 Å². The first-order valence-corrected chi connectivity index (χ1v) is 19.8. The molecular formula is C42H58N8O8. The van der Waals surface area contributed by atoms with Crippen LogP contribution in [0.4, 0.5) is 4.79 Å². The maximum Gasteiger partial charge on any atom is 0.407 e. The second-order valence-corrected chi connectivity index (χ2v) is 14.4. The highest BCUT2D eigenvalue weighted by atomic mass is 16.5. The van der Waals surface area contributed by atoms with Crippen molar-refractivity contribution in [1.29, 1.82) is 0 Å². The van der Waals surface area contributed by atoms with Gasteiger partial charge in [-0.1, -0.05) is 38.1 Å². The van der Waals surface area contributed by atoms with Crippen molar-refractivity contribution < 1.29 is 38.1 Å². The Kier molecular flexibility index (Phi) is 16.5. The van der Waals surface area contributed by atoms with Crippen LogP contribution in [0, 0.1) is 5.92 Å². The molecule has 2 aromatic carbocycles. The number of alkyl carbamates (subject to hydrolysis) is 1. The highest BCUT2D eigenvalue weighted by molar-refractivity contribution is 5.86. The number of carbonyl (C=O) groups excluding carboxylic acids is 3. The van der Waals surface area contributed by atoms with E-state index in [1.165, 1.54) is 7.11 Å². The highest BCUT2D eigenvalue weighted by Crippen LogP contribution is 2.42. The summed E-state index contributed by atoms with van der Waals surface area (Å²) in [4.78, 5) is 55.6. The van der Waals surface area contributed by atoms with Crippen LogP contribution in [-0.4, -0.2) is 123 Å². The van der Waals surface area contributed by atoms with Crippen LogP contribution in [0.1, 0.15) is 57.2 Å². The molecule has 16 nitrogen and oxygen atoms in total. The maximum absolute atomic E-state index is 13.8. The van der Waals surface area contributed by atoms with Gasteiger partial charge in [0.05, 0.1) is 56.7 Å². The number of likely N-dealkylation sites (tertiary alicyclic amines) is 1. The van der Waals surface area contributed by atoms with Crippen LogP contribution in [0.5, 0.6) is 11.5 Å². The van der Waals surface area contributed by atoms with Crippen LogP contribution in [0.3, 0.4) is 0 Å². The molecule has 58 heavy (non-hydrogen) atoms. The number of aryl methyl sites for hydroxylation is 1. The number of hydrogen-bond donors (Lipinski definition) is 5. The molecule has 16 heteroatoms. The lowest BCUT2D eigenvalue weighted by Gasteiger charge is -2.30. The number of hydrogen-bond acceptors (Lipinski definition) is 11. The quantitative estimate of drug-likeness (QED) is 0.0680. The zero-order valence-electron chi connectivity index (χ0n) is 34.4. The number of aromatic amines is 2. The van der Waals surface area contributed by atoms with Gasteiger partial charge in [-0.3, -0.25) is 9.59 Å². The van der Waals surface area contributed by atoms with Crippen molar-refractivity contribution in [2.24, 2.45) is 5.92 Å². The van der Waals surface area contributed by atoms with Gasteiger partial charge >= 0.3 is 6.09 Å². The molecule has 0 saturated carbocycles. The molecule has 314 valence electrons. The van der Waals surface area contributed by atoms with Crippen molar-refractivity contribution in [3.63, 3.8) is 0 Å². The number of unbranched alkanes of at least 4 members (excludes halogenated alkanes) is 1. The van der Waals surface area contributed by atoms with Crippen LogP contribution in [0.2, 0.25) is 0 Å². The lowest BCUT2D eigenvalue weighted by molar-refractivity contribution is -0.135. The molecule has 4 aromatic rings. The van der Waals surface area contributed by atoms with Crippen molar-refractivity contribution in [3.05, 3.63) is 60.4 Å². The first kappa shape index (κ1) is 43.7. The molecule has 2 atom stereocenters. The fourth-order valence-corrected chi connectivity index (χ4v) is 6.87. The van der Waals surface area contributed by atoms with E-state index < -0.39 is 12.1 Å². The molecule has 2 aromatic heterocycles. The Balaban J connectivity index is 1.39.